The van der Waals surface area contributed by atoms with Crippen molar-refractivity contribution in [1.82, 2.24) is 18.4 Å². The summed E-state index contributed by atoms with van der Waals surface area (Å²) >= 11 is 0. The lowest BCUT2D eigenvalue weighted by Gasteiger charge is -2.09. The summed E-state index contributed by atoms with van der Waals surface area (Å²) in [5, 5.41) is 15.2. The maximum Gasteiger partial charge on any atom is 0.146 e. The molecule has 0 saturated heterocycles. The summed E-state index contributed by atoms with van der Waals surface area (Å²) in [6, 6.07) is 60.2. The largest absolute Gasteiger partial charge is 0.309 e. The van der Waals surface area contributed by atoms with Crippen molar-refractivity contribution in [3.63, 3.8) is 0 Å². The Kier molecular flexibility index (Phi) is 4.99. The summed E-state index contributed by atoms with van der Waals surface area (Å²) in [6.07, 6.45) is 2.14. The molecule has 0 spiro atoms. The summed E-state index contributed by atoms with van der Waals surface area (Å²) in [4.78, 5) is 5.37. The molecule has 0 amide bonds. The highest BCUT2D eigenvalue weighted by Crippen LogP contribution is 2.49. The minimum Gasteiger partial charge on any atom is -0.309 e. The van der Waals surface area contributed by atoms with Gasteiger partial charge in [-0.25, -0.2) is 4.98 Å². The second kappa shape index (κ2) is 9.75. The first-order valence-corrected chi connectivity index (χ1v) is 19.0. The lowest BCUT2D eigenvalue weighted by molar-refractivity contribution is 1.18. The van der Waals surface area contributed by atoms with Gasteiger partial charge in [-0.05, 0) is 58.8 Å². The van der Waals surface area contributed by atoms with Crippen LogP contribution in [0.15, 0.2) is 170 Å². The van der Waals surface area contributed by atoms with Crippen molar-refractivity contribution < 1.29 is 0 Å². The summed E-state index contributed by atoms with van der Waals surface area (Å²) in [5.41, 5.74) is 13.1. The molecular formula is C51H28N4. The van der Waals surface area contributed by atoms with E-state index in [9.17, 15) is 0 Å². The molecule has 0 aliphatic rings. The van der Waals surface area contributed by atoms with Crippen LogP contribution < -0.4 is 0 Å². The Morgan fingerprint density at radius 3 is 1.91 bits per heavy atom. The van der Waals surface area contributed by atoms with Crippen molar-refractivity contribution in [2.45, 2.75) is 0 Å². The smallest absolute Gasteiger partial charge is 0.146 e. The molecule has 0 fully saturated rings. The maximum atomic E-state index is 5.37. The van der Waals surface area contributed by atoms with Gasteiger partial charge in [0.1, 0.15) is 5.65 Å². The third-order valence-electron chi connectivity index (χ3n) is 12.5. The molecule has 0 atom stereocenters. The van der Waals surface area contributed by atoms with Crippen LogP contribution in [0.3, 0.4) is 0 Å². The number of aromatic nitrogens is 4. The van der Waals surface area contributed by atoms with Gasteiger partial charge in [0.15, 0.2) is 0 Å². The summed E-state index contributed by atoms with van der Waals surface area (Å²) in [7, 11) is 0. The predicted molar refractivity (Wildman–Crippen MR) is 231 cm³/mol. The topological polar surface area (TPSA) is 26.6 Å². The standard InChI is InChI=1S/C51H28N4/c1-2-13-31(14-3-1)53-41-22-8-7-17-35(41)39-26-30(24-25-43(39)53)33-18-10-20-37-45-32-15-5-4-12-29(32)27-40-46-44(54(48(33)37)50(40)45)28-52-51-47(46)38-21-11-19-36-34-16-6-9-23-42(34)55(51)49(36)38/h1-28H. The SMILES string of the molecule is c1ccc(-n2c3ccccc3c3cc(-c4cccc5c6c7ccccc7cc7c8c9c%10cccc%11c%12ccccc%12n(c9ncc8n(c45)c76)c%11%10)ccc32)cc1. The molecule has 4 nitrogen and oxygen atoms in total. The number of para-hydroxylation sites is 5. The zero-order chi connectivity index (χ0) is 35.5. The van der Waals surface area contributed by atoms with Gasteiger partial charge in [-0.2, -0.15) is 0 Å². The van der Waals surface area contributed by atoms with E-state index in [4.69, 9.17) is 4.98 Å². The fourth-order valence-corrected chi connectivity index (χ4v) is 10.4. The first kappa shape index (κ1) is 28.1. The van der Waals surface area contributed by atoms with E-state index in [0.29, 0.717) is 0 Å². The van der Waals surface area contributed by atoms with E-state index in [2.05, 4.69) is 183 Å². The Morgan fingerprint density at radius 2 is 1.04 bits per heavy atom. The summed E-state index contributed by atoms with van der Waals surface area (Å²) < 4.78 is 7.32. The first-order valence-electron chi connectivity index (χ1n) is 19.0. The van der Waals surface area contributed by atoms with Gasteiger partial charge in [-0.1, -0.05) is 121 Å². The minimum absolute atomic E-state index is 1.02. The highest BCUT2D eigenvalue weighted by Gasteiger charge is 2.27. The van der Waals surface area contributed by atoms with E-state index in [0.717, 1.165) is 11.2 Å². The second-order valence-corrected chi connectivity index (χ2v) is 15.1. The average molecular weight is 697 g/mol. The molecule has 6 aromatic heterocycles. The lowest BCUT2D eigenvalue weighted by Crippen LogP contribution is -1.93. The second-order valence-electron chi connectivity index (χ2n) is 15.1. The quantitative estimate of drug-likeness (QED) is 0.177. The fraction of sp³-hybridized carbons (Fsp3) is 0. The normalized spacial score (nSPS) is 12.7. The third kappa shape index (κ3) is 3.29. The molecule has 252 valence electrons. The highest BCUT2D eigenvalue weighted by atomic mass is 15.0. The molecule has 6 heterocycles. The van der Waals surface area contributed by atoms with Crippen molar-refractivity contribution in [2.75, 3.05) is 0 Å². The number of pyridine rings is 1. The molecule has 0 aliphatic heterocycles. The Hall–Kier alpha value is -7.43. The monoisotopic (exact) mass is 696 g/mol. The Morgan fingerprint density at radius 1 is 0.364 bits per heavy atom. The van der Waals surface area contributed by atoms with Crippen LogP contribution in [-0.4, -0.2) is 18.4 Å². The van der Waals surface area contributed by atoms with Crippen LogP contribution in [0.1, 0.15) is 0 Å². The van der Waals surface area contributed by atoms with Crippen LogP contribution in [-0.2, 0) is 0 Å². The first-order chi connectivity index (χ1) is 27.3. The molecule has 0 N–H and O–H groups in total. The average Bonchev–Trinajstić information content (AvgIpc) is 4.03. The number of hydrogen-bond donors (Lipinski definition) is 0. The molecule has 0 unspecified atom stereocenters. The van der Waals surface area contributed by atoms with Crippen molar-refractivity contribution in [3.05, 3.63) is 170 Å². The molecule has 0 radical (unpaired) electrons. The molecule has 0 aliphatic carbocycles. The van der Waals surface area contributed by atoms with E-state index < -0.39 is 0 Å². The Labute approximate surface area is 313 Å². The van der Waals surface area contributed by atoms with Crippen LogP contribution in [0.25, 0.3) is 126 Å². The van der Waals surface area contributed by atoms with E-state index >= 15 is 0 Å². The lowest BCUT2D eigenvalue weighted by atomic mass is 9.96. The maximum absolute atomic E-state index is 5.37. The van der Waals surface area contributed by atoms with Gasteiger partial charge in [0.25, 0.3) is 0 Å². The zero-order valence-corrected chi connectivity index (χ0v) is 29.5. The molecule has 4 heteroatoms. The molecule has 8 aromatic carbocycles. The number of nitrogens with zero attached hydrogens (tertiary/aromatic N) is 4. The molecule has 55 heavy (non-hydrogen) atoms. The molecular weight excluding hydrogens is 669 g/mol. The van der Waals surface area contributed by atoms with Gasteiger partial charge in [-0.3, -0.25) is 4.40 Å². The molecule has 14 rings (SSSR count). The minimum atomic E-state index is 1.02. The zero-order valence-electron chi connectivity index (χ0n) is 29.5. The van der Waals surface area contributed by atoms with E-state index in [-0.39, 0.29) is 0 Å². The van der Waals surface area contributed by atoms with Crippen LogP contribution in [0.4, 0.5) is 0 Å². The van der Waals surface area contributed by atoms with Crippen molar-refractivity contribution in [3.8, 4) is 16.8 Å². The van der Waals surface area contributed by atoms with E-state index in [1.165, 1.54) is 115 Å². The highest BCUT2D eigenvalue weighted by molar-refractivity contribution is 6.38. The molecule has 0 saturated carbocycles. The van der Waals surface area contributed by atoms with Crippen LogP contribution >= 0.6 is 0 Å². The predicted octanol–water partition coefficient (Wildman–Crippen LogP) is 13.3. The summed E-state index contributed by atoms with van der Waals surface area (Å²) in [6.45, 7) is 0. The van der Waals surface area contributed by atoms with E-state index in [1.807, 2.05) is 0 Å². The van der Waals surface area contributed by atoms with Crippen LogP contribution in [0, 0.1) is 0 Å². The van der Waals surface area contributed by atoms with Crippen molar-refractivity contribution in [1.29, 1.82) is 0 Å². The van der Waals surface area contributed by atoms with Crippen LogP contribution in [0.5, 0.6) is 0 Å². The fourth-order valence-electron chi connectivity index (χ4n) is 10.4. The van der Waals surface area contributed by atoms with Gasteiger partial charge in [0.05, 0.1) is 44.8 Å². The van der Waals surface area contributed by atoms with Crippen LogP contribution in [0.2, 0.25) is 0 Å². The van der Waals surface area contributed by atoms with Gasteiger partial charge in [-0.15, -0.1) is 0 Å². The van der Waals surface area contributed by atoms with Gasteiger partial charge < -0.3 is 8.97 Å². The number of fused-ring (bicyclic) bond motifs is 18. The van der Waals surface area contributed by atoms with E-state index in [1.54, 1.807) is 0 Å². The Bertz CT molecular complexity index is 3940. The molecule has 0 bridgehead atoms. The summed E-state index contributed by atoms with van der Waals surface area (Å²) in [5.74, 6) is 0. The van der Waals surface area contributed by atoms with Crippen molar-refractivity contribution >= 4 is 109 Å². The van der Waals surface area contributed by atoms with Gasteiger partial charge >= 0.3 is 0 Å². The van der Waals surface area contributed by atoms with Crippen molar-refractivity contribution in [2.24, 2.45) is 0 Å². The third-order valence-corrected chi connectivity index (χ3v) is 12.5. The molecule has 14 aromatic rings. The number of hydrogen-bond acceptors (Lipinski definition) is 1. The Balaban J connectivity index is 1.16. The number of benzene rings is 8. The number of rotatable bonds is 2. The van der Waals surface area contributed by atoms with Gasteiger partial charge in [0.2, 0.25) is 0 Å². The van der Waals surface area contributed by atoms with Gasteiger partial charge in [0, 0.05) is 65.1 Å².